The Hall–Kier alpha value is -1.14. The minimum Gasteiger partial charge on any atom is -0.361 e. The van der Waals surface area contributed by atoms with E-state index < -0.39 is 0 Å². The molecule has 0 unspecified atom stereocenters. The minimum absolute atomic E-state index is 0.134. The van der Waals surface area contributed by atoms with Crippen LogP contribution in [0, 0.1) is 13.8 Å². The van der Waals surface area contributed by atoms with Gasteiger partial charge in [0.15, 0.2) is 0 Å². The lowest BCUT2D eigenvalue weighted by atomic mass is 10.1. The van der Waals surface area contributed by atoms with Crippen molar-refractivity contribution in [1.82, 2.24) is 10.1 Å². The molecule has 0 saturated carbocycles. The average Bonchev–Trinajstić information content (AvgIpc) is 2.94. The van der Waals surface area contributed by atoms with Crippen LogP contribution >= 0.6 is 27.3 Å². The molecule has 0 aromatic carbocycles. The van der Waals surface area contributed by atoms with Gasteiger partial charge in [-0.3, -0.25) is 4.79 Å². The second-order valence-electron chi connectivity index (χ2n) is 4.76. The maximum absolute atomic E-state index is 12.1. The van der Waals surface area contributed by atoms with Crippen LogP contribution in [-0.4, -0.2) is 23.0 Å². The first-order valence-corrected chi connectivity index (χ1v) is 7.98. The van der Waals surface area contributed by atoms with E-state index in [1.54, 1.807) is 16.2 Å². The Morgan fingerprint density at radius 3 is 2.75 bits per heavy atom. The van der Waals surface area contributed by atoms with Gasteiger partial charge in [0.25, 0.3) is 0 Å². The van der Waals surface area contributed by atoms with Crippen LogP contribution in [0.5, 0.6) is 0 Å². The van der Waals surface area contributed by atoms with E-state index in [-0.39, 0.29) is 5.91 Å². The highest BCUT2D eigenvalue weighted by Gasteiger charge is 2.14. The van der Waals surface area contributed by atoms with Gasteiger partial charge < -0.3 is 9.42 Å². The van der Waals surface area contributed by atoms with E-state index in [9.17, 15) is 4.79 Å². The molecule has 2 heterocycles. The smallest absolute Gasteiger partial charge is 0.222 e. The molecule has 6 heteroatoms. The van der Waals surface area contributed by atoms with Crippen LogP contribution < -0.4 is 0 Å². The number of thiophene rings is 1. The molecule has 0 radical (unpaired) electrons. The number of hydrogen-bond donors (Lipinski definition) is 0. The van der Waals surface area contributed by atoms with E-state index in [0.717, 1.165) is 20.8 Å². The number of nitrogens with zero attached hydrogens (tertiary/aromatic N) is 2. The fourth-order valence-electron chi connectivity index (χ4n) is 2.04. The highest BCUT2D eigenvalue weighted by atomic mass is 79.9. The molecule has 0 N–H and O–H groups in total. The summed E-state index contributed by atoms with van der Waals surface area (Å²) in [6.07, 6.45) is 1.16. The molecular weight excluding hydrogens is 340 g/mol. The second kappa shape index (κ2) is 6.54. The molecule has 20 heavy (non-hydrogen) atoms. The van der Waals surface area contributed by atoms with Crippen molar-refractivity contribution < 1.29 is 9.32 Å². The van der Waals surface area contributed by atoms with Gasteiger partial charge in [-0.25, -0.2) is 0 Å². The average molecular weight is 357 g/mol. The summed E-state index contributed by atoms with van der Waals surface area (Å²) in [5.41, 5.74) is 1.92. The summed E-state index contributed by atoms with van der Waals surface area (Å²) in [5.74, 6) is 0.940. The van der Waals surface area contributed by atoms with Crippen molar-refractivity contribution in [2.24, 2.45) is 0 Å². The number of aryl methyl sites for hydroxylation is 2. The Morgan fingerprint density at radius 1 is 1.45 bits per heavy atom. The van der Waals surface area contributed by atoms with Gasteiger partial charge in [0.05, 0.1) is 16.0 Å². The second-order valence-corrected chi connectivity index (χ2v) is 7.31. The molecule has 2 aromatic heterocycles. The molecule has 0 atom stereocenters. The lowest BCUT2D eigenvalue weighted by Gasteiger charge is -2.16. The molecule has 0 aliphatic heterocycles. The van der Waals surface area contributed by atoms with E-state index in [2.05, 4.69) is 21.1 Å². The Bertz CT molecular complexity index is 587. The van der Waals surface area contributed by atoms with Gasteiger partial charge in [-0.2, -0.15) is 0 Å². The molecule has 1 amide bonds. The van der Waals surface area contributed by atoms with Crippen molar-refractivity contribution in [3.63, 3.8) is 0 Å². The van der Waals surface area contributed by atoms with E-state index in [0.29, 0.717) is 19.4 Å². The van der Waals surface area contributed by atoms with Gasteiger partial charge in [0, 0.05) is 23.9 Å². The summed E-state index contributed by atoms with van der Waals surface area (Å²) in [4.78, 5) is 15.1. The van der Waals surface area contributed by atoms with Crippen molar-refractivity contribution in [2.75, 3.05) is 7.05 Å². The molecule has 0 saturated heterocycles. The molecular formula is C14H17BrN2O2S. The Morgan fingerprint density at radius 2 is 2.20 bits per heavy atom. The number of carbonyl (C=O) groups excluding carboxylic acids is 1. The SMILES string of the molecule is Cc1noc(C)c1CCC(=O)N(C)Cc1ccc(Br)s1. The number of hydrogen-bond acceptors (Lipinski definition) is 4. The first-order chi connectivity index (χ1) is 9.47. The largest absolute Gasteiger partial charge is 0.361 e. The molecule has 108 valence electrons. The van der Waals surface area contributed by atoms with Crippen LogP contribution in [0.3, 0.4) is 0 Å². The lowest BCUT2D eigenvalue weighted by Crippen LogP contribution is -2.26. The predicted molar refractivity (Wildman–Crippen MR) is 82.8 cm³/mol. The van der Waals surface area contributed by atoms with E-state index in [4.69, 9.17) is 4.52 Å². The fourth-order valence-corrected chi connectivity index (χ4v) is 3.58. The maximum Gasteiger partial charge on any atom is 0.222 e. The zero-order valence-electron chi connectivity index (χ0n) is 11.8. The van der Waals surface area contributed by atoms with Crippen LogP contribution in [0.2, 0.25) is 0 Å². The van der Waals surface area contributed by atoms with Crippen molar-refractivity contribution in [3.8, 4) is 0 Å². The molecule has 2 rings (SSSR count). The Kier molecular flexibility index (Phi) is 4.99. The maximum atomic E-state index is 12.1. The van der Waals surface area contributed by atoms with Gasteiger partial charge in [0.1, 0.15) is 5.76 Å². The lowest BCUT2D eigenvalue weighted by molar-refractivity contribution is -0.130. The number of aromatic nitrogens is 1. The molecule has 0 aliphatic rings. The van der Waals surface area contributed by atoms with Gasteiger partial charge in [-0.05, 0) is 48.3 Å². The summed E-state index contributed by atoms with van der Waals surface area (Å²) in [6, 6.07) is 4.04. The normalized spacial score (nSPS) is 10.8. The van der Waals surface area contributed by atoms with Crippen LogP contribution in [-0.2, 0) is 17.8 Å². The van der Waals surface area contributed by atoms with Gasteiger partial charge >= 0.3 is 0 Å². The number of rotatable bonds is 5. The topological polar surface area (TPSA) is 46.3 Å². The van der Waals surface area contributed by atoms with Gasteiger partial charge in [-0.15, -0.1) is 11.3 Å². The third kappa shape index (κ3) is 3.70. The van der Waals surface area contributed by atoms with E-state index in [1.165, 1.54) is 4.88 Å². The molecule has 0 fully saturated rings. The summed E-state index contributed by atoms with van der Waals surface area (Å²) in [6.45, 7) is 4.44. The van der Waals surface area contributed by atoms with Crippen LogP contribution in [0.15, 0.2) is 20.4 Å². The van der Waals surface area contributed by atoms with Crippen LogP contribution in [0.4, 0.5) is 0 Å². The summed E-state index contributed by atoms with van der Waals surface area (Å²) in [5, 5.41) is 3.91. The number of amides is 1. The standard InChI is InChI=1S/C14H17BrN2O2S/c1-9-12(10(2)19-16-9)5-7-14(18)17(3)8-11-4-6-13(15)20-11/h4,6H,5,7-8H2,1-3H3. The highest BCUT2D eigenvalue weighted by Crippen LogP contribution is 2.23. The quantitative estimate of drug-likeness (QED) is 0.820. The van der Waals surface area contributed by atoms with Crippen LogP contribution in [0.25, 0.3) is 0 Å². The number of halogens is 1. The Balaban J connectivity index is 1.88. The van der Waals surface area contributed by atoms with Crippen molar-refractivity contribution in [1.29, 1.82) is 0 Å². The molecule has 2 aromatic rings. The highest BCUT2D eigenvalue weighted by molar-refractivity contribution is 9.11. The Labute approximate surface area is 130 Å². The third-order valence-electron chi connectivity index (χ3n) is 3.22. The summed E-state index contributed by atoms with van der Waals surface area (Å²) in [7, 11) is 1.84. The summed E-state index contributed by atoms with van der Waals surface area (Å²) >= 11 is 5.08. The monoisotopic (exact) mass is 356 g/mol. The van der Waals surface area contributed by atoms with Crippen LogP contribution in [0.1, 0.15) is 28.3 Å². The molecule has 0 spiro atoms. The third-order valence-corrected chi connectivity index (χ3v) is 4.83. The first-order valence-electron chi connectivity index (χ1n) is 6.37. The zero-order valence-corrected chi connectivity index (χ0v) is 14.2. The minimum atomic E-state index is 0.134. The molecule has 0 bridgehead atoms. The van der Waals surface area contributed by atoms with E-state index >= 15 is 0 Å². The van der Waals surface area contributed by atoms with Gasteiger partial charge in [0.2, 0.25) is 5.91 Å². The fraction of sp³-hybridized carbons (Fsp3) is 0.429. The van der Waals surface area contributed by atoms with E-state index in [1.807, 2.05) is 33.0 Å². The zero-order chi connectivity index (χ0) is 14.7. The van der Waals surface area contributed by atoms with Gasteiger partial charge in [-0.1, -0.05) is 5.16 Å². The van der Waals surface area contributed by atoms with Crippen molar-refractivity contribution in [3.05, 3.63) is 37.8 Å². The number of carbonyl (C=O) groups is 1. The molecule has 0 aliphatic carbocycles. The predicted octanol–water partition coefficient (Wildman–Crippen LogP) is 3.71. The van der Waals surface area contributed by atoms with Crippen molar-refractivity contribution in [2.45, 2.75) is 33.2 Å². The molecule has 4 nitrogen and oxygen atoms in total. The summed E-state index contributed by atoms with van der Waals surface area (Å²) < 4.78 is 6.20. The first kappa shape index (κ1) is 15.3. The van der Waals surface area contributed by atoms with Crippen molar-refractivity contribution >= 4 is 33.2 Å².